The molecule has 3 amide bonds. The molecule has 0 bridgehead atoms. The molecule has 0 aliphatic rings. The Hall–Kier alpha value is -2.34. The van der Waals surface area contributed by atoms with Crippen molar-refractivity contribution in [1.82, 2.24) is 16.0 Å². The van der Waals surface area contributed by atoms with E-state index in [1.807, 2.05) is 20.8 Å². The van der Waals surface area contributed by atoms with E-state index in [2.05, 4.69) is 16.0 Å². The van der Waals surface area contributed by atoms with E-state index in [1.54, 1.807) is 13.2 Å². The average molecular weight is 491 g/mol. The molecule has 190 valence electrons. The molecule has 0 heterocycles. The van der Waals surface area contributed by atoms with Crippen LogP contribution < -0.4 is 21.7 Å². The fourth-order valence-corrected chi connectivity index (χ4v) is 3.46. The third-order valence-electron chi connectivity index (χ3n) is 5.09. The van der Waals surface area contributed by atoms with Crippen LogP contribution in [0.4, 0.5) is 0 Å². The summed E-state index contributed by atoms with van der Waals surface area (Å²) >= 11 is 1.42. The lowest BCUT2D eigenvalue weighted by molar-refractivity contribution is -0.147. The van der Waals surface area contributed by atoms with Crippen LogP contribution in [-0.4, -0.2) is 76.0 Å². The fraction of sp³-hybridized carbons (Fsp3) is 0.762. The number of carboxylic acid groups (broad SMARTS) is 2. The minimum atomic E-state index is -1.64. The van der Waals surface area contributed by atoms with E-state index in [0.717, 1.165) is 0 Å². The Bertz CT molecular complexity index is 690. The first-order valence-electron chi connectivity index (χ1n) is 10.9. The van der Waals surface area contributed by atoms with Gasteiger partial charge in [-0.3, -0.25) is 19.2 Å². The maximum absolute atomic E-state index is 13.0. The van der Waals surface area contributed by atoms with Gasteiger partial charge in [-0.2, -0.15) is 11.8 Å². The number of carboxylic acids is 2. The molecule has 0 spiro atoms. The van der Waals surface area contributed by atoms with Gasteiger partial charge in [0.25, 0.3) is 0 Å². The normalized spacial score (nSPS) is 15.6. The van der Waals surface area contributed by atoms with Gasteiger partial charge < -0.3 is 31.9 Å². The number of carbonyl (C=O) groups is 5. The van der Waals surface area contributed by atoms with E-state index in [-0.39, 0.29) is 18.3 Å². The second-order valence-corrected chi connectivity index (χ2v) is 9.43. The summed E-state index contributed by atoms with van der Waals surface area (Å²) in [5.74, 6) is -4.35. The third kappa shape index (κ3) is 11.9. The number of thioether (sulfide) groups is 1. The summed E-state index contributed by atoms with van der Waals surface area (Å²) < 4.78 is 0. The number of carbonyl (C=O) groups excluding carboxylic acids is 3. The van der Waals surface area contributed by atoms with Gasteiger partial charge in [0.1, 0.15) is 18.1 Å². The van der Waals surface area contributed by atoms with Crippen molar-refractivity contribution in [2.75, 3.05) is 12.0 Å². The van der Waals surface area contributed by atoms with Crippen LogP contribution in [0.25, 0.3) is 0 Å². The molecule has 33 heavy (non-hydrogen) atoms. The number of hydrogen-bond donors (Lipinski definition) is 6. The lowest BCUT2D eigenvalue weighted by atomic mass is 9.96. The van der Waals surface area contributed by atoms with Gasteiger partial charge in [-0.25, -0.2) is 4.79 Å². The molecular formula is C21H38N4O7S. The smallest absolute Gasteiger partial charge is 0.326 e. The number of amides is 3. The van der Waals surface area contributed by atoms with Gasteiger partial charge in [0.05, 0.1) is 12.5 Å². The lowest BCUT2D eigenvalue weighted by Crippen LogP contribution is -2.58. The molecule has 12 heteroatoms. The zero-order valence-electron chi connectivity index (χ0n) is 19.9. The second-order valence-electron chi connectivity index (χ2n) is 8.45. The van der Waals surface area contributed by atoms with E-state index >= 15 is 0 Å². The summed E-state index contributed by atoms with van der Waals surface area (Å²) in [6.45, 7) is 7.49. The first kappa shape index (κ1) is 30.7. The molecule has 0 aromatic heterocycles. The molecule has 0 aliphatic carbocycles. The van der Waals surface area contributed by atoms with E-state index in [1.165, 1.54) is 11.8 Å². The van der Waals surface area contributed by atoms with Gasteiger partial charge in [-0.15, -0.1) is 0 Å². The van der Waals surface area contributed by atoms with Gasteiger partial charge in [0, 0.05) is 0 Å². The molecule has 5 atom stereocenters. The quantitative estimate of drug-likeness (QED) is 0.175. The van der Waals surface area contributed by atoms with Crippen molar-refractivity contribution in [2.24, 2.45) is 17.6 Å². The van der Waals surface area contributed by atoms with Gasteiger partial charge >= 0.3 is 11.9 Å². The first-order chi connectivity index (χ1) is 15.3. The minimum absolute atomic E-state index is 0.187. The highest BCUT2D eigenvalue weighted by molar-refractivity contribution is 7.98. The van der Waals surface area contributed by atoms with Crippen molar-refractivity contribution in [3.8, 4) is 0 Å². The Labute approximate surface area is 199 Å². The van der Waals surface area contributed by atoms with Gasteiger partial charge in [0.15, 0.2) is 0 Å². The molecule has 5 unspecified atom stereocenters. The standard InChI is InChI=1S/C21H38N4O7S/c1-6-12(4)17(25-18(28)13(22)9-11(2)3)20(30)23-14(7-8-33-5)19(29)24-15(21(31)32)10-16(26)27/h11-15,17H,6-10,22H2,1-5H3,(H,23,30)(H,24,29)(H,25,28)(H,26,27)(H,31,32). The van der Waals surface area contributed by atoms with E-state index in [4.69, 9.17) is 10.8 Å². The second kappa shape index (κ2) is 15.5. The highest BCUT2D eigenvalue weighted by Crippen LogP contribution is 2.11. The highest BCUT2D eigenvalue weighted by Gasteiger charge is 2.32. The Morgan fingerprint density at radius 3 is 1.94 bits per heavy atom. The summed E-state index contributed by atoms with van der Waals surface area (Å²) in [5, 5.41) is 25.5. The monoisotopic (exact) mass is 490 g/mol. The minimum Gasteiger partial charge on any atom is -0.481 e. The predicted octanol–water partition coefficient (Wildman–Crippen LogP) is 0.173. The highest BCUT2D eigenvalue weighted by atomic mass is 32.2. The summed E-state index contributed by atoms with van der Waals surface area (Å²) in [6.07, 6.45) is 2.20. The molecule has 0 aromatic rings. The maximum atomic E-state index is 13.0. The summed E-state index contributed by atoms with van der Waals surface area (Å²) in [5.41, 5.74) is 5.93. The van der Waals surface area contributed by atoms with Gasteiger partial charge in [-0.05, 0) is 36.7 Å². The van der Waals surface area contributed by atoms with Crippen LogP contribution in [0.15, 0.2) is 0 Å². The van der Waals surface area contributed by atoms with Crippen LogP contribution in [0.5, 0.6) is 0 Å². The SMILES string of the molecule is CCC(C)C(NC(=O)C(N)CC(C)C)C(=O)NC(CCSC)C(=O)NC(CC(=O)O)C(=O)O. The molecule has 0 fully saturated rings. The molecule has 0 aliphatic heterocycles. The number of rotatable bonds is 16. The largest absolute Gasteiger partial charge is 0.481 e. The molecule has 0 rings (SSSR count). The van der Waals surface area contributed by atoms with Crippen molar-refractivity contribution in [3.05, 3.63) is 0 Å². The number of nitrogens with one attached hydrogen (secondary N) is 3. The van der Waals surface area contributed by atoms with Crippen molar-refractivity contribution in [3.63, 3.8) is 0 Å². The Morgan fingerprint density at radius 1 is 0.909 bits per heavy atom. The van der Waals surface area contributed by atoms with E-state index < -0.39 is 60.2 Å². The van der Waals surface area contributed by atoms with Crippen molar-refractivity contribution in [1.29, 1.82) is 0 Å². The molecule has 7 N–H and O–H groups in total. The van der Waals surface area contributed by atoms with Crippen LogP contribution >= 0.6 is 11.8 Å². The number of aliphatic carboxylic acids is 2. The lowest BCUT2D eigenvalue weighted by Gasteiger charge is -2.28. The Kier molecular flexibility index (Phi) is 14.4. The summed E-state index contributed by atoms with van der Waals surface area (Å²) in [4.78, 5) is 60.4. The van der Waals surface area contributed by atoms with Gasteiger partial charge in [0.2, 0.25) is 17.7 Å². The Balaban J connectivity index is 5.52. The first-order valence-corrected chi connectivity index (χ1v) is 12.3. The van der Waals surface area contributed by atoms with Crippen LogP contribution in [0.3, 0.4) is 0 Å². The zero-order chi connectivity index (χ0) is 25.7. The van der Waals surface area contributed by atoms with Crippen LogP contribution in [-0.2, 0) is 24.0 Å². The molecule has 0 radical (unpaired) electrons. The molecule has 0 saturated carbocycles. The van der Waals surface area contributed by atoms with E-state index in [9.17, 15) is 29.1 Å². The zero-order valence-corrected chi connectivity index (χ0v) is 20.7. The summed E-state index contributed by atoms with van der Waals surface area (Å²) in [7, 11) is 0. The van der Waals surface area contributed by atoms with Crippen molar-refractivity contribution in [2.45, 2.75) is 77.5 Å². The van der Waals surface area contributed by atoms with Crippen LogP contribution in [0.1, 0.15) is 53.4 Å². The topological polar surface area (TPSA) is 188 Å². The molecule has 0 saturated heterocycles. The average Bonchev–Trinajstić information content (AvgIpc) is 2.72. The number of hydrogen-bond acceptors (Lipinski definition) is 7. The summed E-state index contributed by atoms with van der Waals surface area (Å²) in [6, 6.07) is -4.47. The number of nitrogens with two attached hydrogens (primary N) is 1. The van der Waals surface area contributed by atoms with Crippen LogP contribution in [0.2, 0.25) is 0 Å². The van der Waals surface area contributed by atoms with E-state index in [0.29, 0.717) is 18.6 Å². The molecule has 11 nitrogen and oxygen atoms in total. The van der Waals surface area contributed by atoms with Crippen molar-refractivity contribution < 1.29 is 34.2 Å². The third-order valence-corrected chi connectivity index (χ3v) is 5.74. The predicted molar refractivity (Wildman–Crippen MR) is 126 cm³/mol. The van der Waals surface area contributed by atoms with Crippen molar-refractivity contribution >= 4 is 41.4 Å². The molecular weight excluding hydrogens is 452 g/mol. The Morgan fingerprint density at radius 2 is 1.48 bits per heavy atom. The molecule has 0 aromatic carbocycles. The van der Waals surface area contributed by atoms with Gasteiger partial charge in [-0.1, -0.05) is 34.1 Å². The maximum Gasteiger partial charge on any atom is 0.326 e. The van der Waals surface area contributed by atoms with Crippen LogP contribution in [0, 0.1) is 11.8 Å². The fourth-order valence-electron chi connectivity index (χ4n) is 2.99.